The van der Waals surface area contributed by atoms with Gasteiger partial charge in [-0.15, -0.1) is 0 Å². The van der Waals surface area contributed by atoms with E-state index in [4.69, 9.17) is 0 Å². The molecule has 0 atom stereocenters. The van der Waals surface area contributed by atoms with Crippen LogP contribution in [0.3, 0.4) is 0 Å². The first-order chi connectivity index (χ1) is 7.88. The number of benzene rings is 1. The highest BCUT2D eigenvalue weighted by atomic mass is 79.9. The van der Waals surface area contributed by atoms with E-state index in [1.165, 1.54) is 18.3 Å². The fraction of sp³-hybridized carbons (Fsp3) is 0.100. The Morgan fingerprint density at radius 3 is 2.53 bits per heavy atom. The topological polar surface area (TPSA) is 37.8 Å². The lowest BCUT2D eigenvalue weighted by atomic mass is 10.2. The van der Waals surface area contributed by atoms with E-state index >= 15 is 0 Å². The van der Waals surface area contributed by atoms with Crippen molar-refractivity contribution < 1.29 is 13.2 Å². The van der Waals surface area contributed by atoms with Crippen LogP contribution in [0.15, 0.2) is 39.9 Å². The van der Waals surface area contributed by atoms with Crippen molar-refractivity contribution >= 4 is 15.9 Å². The molecule has 0 saturated carbocycles. The molecule has 0 amide bonds. The number of nitrogens with one attached hydrogen (secondary N) is 1. The Morgan fingerprint density at radius 1 is 1.29 bits per heavy atom. The summed E-state index contributed by atoms with van der Waals surface area (Å²) in [7, 11) is 0. The van der Waals surface area contributed by atoms with Crippen molar-refractivity contribution in [2.24, 2.45) is 0 Å². The Bertz CT molecular complexity index is 600. The lowest BCUT2D eigenvalue weighted by Gasteiger charge is -2.08. The van der Waals surface area contributed by atoms with E-state index in [2.05, 4.69) is 20.9 Å². The second kappa shape index (κ2) is 4.06. The van der Waals surface area contributed by atoms with Crippen LogP contribution in [0.4, 0.5) is 13.2 Å². The van der Waals surface area contributed by atoms with Crippen molar-refractivity contribution in [3.05, 3.63) is 51.1 Å². The molecule has 0 aliphatic heterocycles. The summed E-state index contributed by atoms with van der Waals surface area (Å²) in [4.78, 5) is 13.8. The van der Waals surface area contributed by atoms with Crippen molar-refractivity contribution in [1.29, 1.82) is 0 Å². The van der Waals surface area contributed by atoms with Crippen LogP contribution < -0.4 is 5.69 Å². The number of H-pyrrole nitrogens is 1. The fourth-order valence-corrected chi connectivity index (χ4v) is 1.76. The number of aromatic nitrogens is 2. The molecular weight excluding hydrogens is 301 g/mol. The van der Waals surface area contributed by atoms with Gasteiger partial charge in [0.25, 0.3) is 0 Å². The van der Waals surface area contributed by atoms with Gasteiger partial charge < -0.3 is 0 Å². The van der Waals surface area contributed by atoms with E-state index in [0.29, 0.717) is 4.60 Å². The Morgan fingerprint density at radius 2 is 2.00 bits per heavy atom. The van der Waals surface area contributed by atoms with Crippen molar-refractivity contribution in [3.8, 4) is 5.69 Å². The third kappa shape index (κ3) is 2.44. The predicted octanol–water partition coefficient (Wildman–Crippen LogP) is 2.95. The van der Waals surface area contributed by atoms with Crippen molar-refractivity contribution in [1.82, 2.24) is 9.55 Å². The van der Waals surface area contributed by atoms with Gasteiger partial charge in [0.15, 0.2) is 0 Å². The summed E-state index contributed by atoms with van der Waals surface area (Å²) in [6, 6.07) is 4.56. The maximum atomic E-state index is 12.5. The highest BCUT2D eigenvalue weighted by Crippen LogP contribution is 2.30. The van der Waals surface area contributed by atoms with Crippen LogP contribution in [0.2, 0.25) is 0 Å². The molecule has 90 valence electrons. The lowest BCUT2D eigenvalue weighted by Crippen LogP contribution is -2.15. The number of halogens is 4. The molecule has 0 saturated heterocycles. The minimum absolute atomic E-state index is 0.159. The van der Waals surface area contributed by atoms with Crippen LogP contribution >= 0.6 is 15.9 Å². The zero-order valence-electron chi connectivity index (χ0n) is 8.25. The normalized spacial score (nSPS) is 11.8. The highest BCUT2D eigenvalue weighted by Gasteiger charge is 2.30. The van der Waals surface area contributed by atoms with Crippen LogP contribution in [0.1, 0.15) is 5.56 Å². The molecular formula is C10H6BrF3N2O. The quantitative estimate of drug-likeness (QED) is 0.864. The van der Waals surface area contributed by atoms with Gasteiger partial charge in [-0.3, -0.25) is 9.55 Å². The first kappa shape index (κ1) is 12.0. The molecule has 7 heteroatoms. The van der Waals surface area contributed by atoms with Crippen LogP contribution in [-0.4, -0.2) is 9.55 Å². The van der Waals surface area contributed by atoms with Crippen molar-refractivity contribution in [2.75, 3.05) is 0 Å². The van der Waals surface area contributed by atoms with Gasteiger partial charge >= 0.3 is 11.9 Å². The molecule has 0 unspecified atom stereocenters. The maximum absolute atomic E-state index is 12.5. The standard InChI is InChI=1S/C10H6BrF3N2O/c11-8-5-16(9(17)15-8)7-3-1-2-6(4-7)10(12,13)14/h1-5H,(H,15,17). The Labute approximate surface area is 102 Å². The molecule has 17 heavy (non-hydrogen) atoms. The van der Waals surface area contributed by atoms with Crippen LogP contribution in [0, 0.1) is 0 Å². The van der Waals surface area contributed by atoms with Crippen molar-refractivity contribution in [2.45, 2.75) is 6.18 Å². The third-order valence-corrected chi connectivity index (χ3v) is 2.54. The monoisotopic (exact) mass is 306 g/mol. The SMILES string of the molecule is O=c1[nH]c(Br)cn1-c1cccc(C(F)(F)F)c1. The van der Waals surface area contributed by atoms with E-state index in [1.807, 2.05) is 0 Å². The molecule has 0 fully saturated rings. The number of rotatable bonds is 1. The summed E-state index contributed by atoms with van der Waals surface area (Å²) in [5.41, 5.74) is -1.14. The smallest absolute Gasteiger partial charge is 0.300 e. The molecule has 2 rings (SSSR count). The van der Waals surface area contributed by atoms with Crippen LogP contribution in [-0.2, 0) is 6.18 Å². The van der Waals surface area contributed by atoms with Crippen molar-refractivity contribution in [3.63, 3.8) is 0 Å². The zero-order chi connectivity index (χ0) is 12.6. The molecule has 2 aromatic rings. The van der Waals surface area contributed by atoms with Gasteiger partial charge in [0.2, 0.25) is 0 Å². The molecule has 3 nitrogen and oxygen atoms in total. The summed E-state index contributed by atoms with van der Waals surface area (Å²) in [6.07, 6.45) is -3.05. The first-order valence-electron chi connectivity index (χ1n) is 4.53. The van der Waals surface area contributed by atoms with Gasteiger partial charge in [-0.1, -0.05) is 6.07 Å². The zero-order valence-corrected chi connectivity index (χ0v) is 9.84. The Hall–Kier alpha value is -1.50. The summed E-state index contributed by atoms with van der Waals surface area (Å²) >= 11 is 3.04. The molecule has 0 radical (unpaired) electrons. The Balaban J connectivity index is 2.54. The highest BCUT2D eigenvalue weighted by molar-refractivity contribution is 9.10. The van der Waals surface area contributed by atoms with Crippen LogP contribution in [0.25, 0.3) is 5.69 Å². The largest absolute Gasteiger partial charge is 0.416 e. The number of nitrogens with zero attached hydrogens (tertiary/aromatic N) is 1. The second-order valence-corrected chi connectivity index (χ2v) is 4.18. The van der Waals surface area contributed by atoms with Gasteiger partial charge in [0, 0.05) is 6.20 Å². The summed E-state index contributed by atoms with van der Waals surface area (Å²) < 4.78 is 39.0. The van der Waals surface area contributed by atoms with E-state index in [1.54, 1.807) is 0 Å². The van der Waals surface area contributed by atoms with Gasteiger partial charge in [0.1, 0.15) is 4.60 Å². The molecule has 1 aromatic heterocycles. The number of hydrogen-bond donors (Lipinski definition) is 1. The van der Waals surface area contributed by atoms with Gasteiger partial charge in [-0.2, -0.15) is 13.2 Å². The fourth-order valence-electron chi connectivity index (χ4n) is 1.39. The molecule has 1 N–H and O–H groups in total. The summed E-state index contributed by atoms with van der Waals surface area (Å²) in [5.74, 6) is 0. The average molecular weight is 307 g/mol. The summed E-state index contributed by atoms with van der Waals surface area (Å²) in [5, 5.41) is 0. The van der Waals surface area contributed by atoms with Gasteiger partial charge in [0.05, 0.1) is 11.3 Å². The molecule has 0 bridgehead atoms. The molecule has 1 heterocycles. The maximum Gasteiger partial charge on any atom is 0.416 e. The van der Waals surface area contributed by atoms with E-state index in [-0.39, 0.29) is 5.69 Å². The number of hydrogen-bond acceptors (Lipinski definition) is 1. The van der Waals surface area contributed by atoms with E-state index in [0.717, 1.165) is 16.7 Å². The van der Waals surface area contributed by atoms with E-state index in [9.17, 15) is 18.0 Å². The number of imidazole rings is 1. The number of aromatic amines is 1. The van der Waals surface area contributed by atoms with Gasteiger partial charge in [-0.05, 0) is 34.1 Å². The van der Waals surface area contributed by atoms with Gasteiger partial charge in [-0.25, -0.2) is 4.79 Å². The first-order valence-corrected chi connectivity index (χ1v) is 5.32. The molecule has 0 spiro atoms. The third-order valence-electron chi connectivity index (χ3n) is 2.14. The molecule has 1 aromatic carbocycles. The lowest BCUT2D eigenvalue weighted by molar-refractivity contribution is -0.137. The summed E-state index contributed by atoms with van der Waals surface area (Å²) in [6.45, 7) is 0. The Kier molecular flexibility index (Phi) is 2.86. The minimum Gasteiger partial charge on any atom is -0.300 e. The molecule has 0 aliphatic rings. The average Bonchev–Trinajstić information content (AvgIpc) is 2.57. The number of alkyl halides is 3. The molecule has 0 aliphatic carbocycles. The minimum atomic E-state index is -4.42. The second-order valence-electron chi connectivity index (χ2n) is 3.33. The predicted molar refractivity (Wildman–Crippen MR) is 59.1 cm³/mol. The van der Waals surface area contributed by atoms with Crippen LogP contribution in [0.5, 0.6) is 0 Å². The van der Waals surface area contributed by atoms with E-state index < -0.39 is 17.4 Å².